The number of ether oxygens (including phenoxy) is 3. The summed E-state index contributed by atoms with van der Waals surface area (Å²) >= 11 is 11.7. The Bertz CT molecular complexity index is 694. The van der Waals surface area contributed by atoms with Crippen LogP contribution in [0.4, 0.5) is 0 Å². The third-order valence-electron chi connectivity index (χ3n) is 3.00. The molecule has 7 heteroatoms. The summed E-state index contributed by atoms with van der Waals surface area (Å²) in [5.41, 5.74) is 0. The van der Waals surface area contributed by atoms with Gasteiger partial charge < -0.3 is 19.5 Å². The first-order chi connectivity index (χ1) is 11.6. The van der Waals surface area contributed by atoms with E-state index in [0.717, 1.165) is 0 Å². The minimum absolute atomic E-state index is 0.114. The molecule has 24 heavy (non-hydrogen) atoms. The Balaban J connectivity index is 1.66. The quantitative estimate of drug-likeness (QED) is 0.722. The number of hydrogen-bond acceptors (Lipinski definition) is 4. The molecule has 0 atom stereocenters. The van der Waals surface area contributed by atoms with E-state index in [1.54, 1.807) is 31.4 Å². The molecule has 1 N–H and O–H groups in total. The largest absolute Gasteiger partial charge is 0.497 e. The molecule has 0 saturated heterocycles. The van der Waals surface area contributed by atoms with E-state index in [9.17, 15) is 4.79 Å². The van der Waals surface area contributed by atoms with Crippen molar-refractivity contribution in [2.75, 3.05) is 26.9 Å². The Morgan fingerprint density at radius 2 is 1.75 bits per heavy atom. The summed E-state index contributed by atoms with van der Waals surface area (Å²) in [4.78, 5) is 11.7. The maximum atomic E-state index is 11.7. The summed E-state index contributed by atoms with van der Waals surface area (Å²) in [6.45, 7) is 0.587. The molecule has 0 heterocycles. The molecule has 2 aromatic rings. The van der Waals surface area contributed by atoms with Gasteiger partial charge in [0.15, 0.2) is 6.61 Å². The highest BCUT2D eigenvalue weighted by atomic mass is 35.5. The lowest BCUT2D eigenvalue weighted by molar-refractivity contribution is -0.123. The fourth-order valence-corrected chi connectivity index (χ4v) is 2.10. The summed E-state index contributed by atoms with van der Waals surface area (Å²) < 4.78 is 16.0. The maximum Gasteiger partial charge on any atom is 0.258 e. The van der Waals surface area contributed by atoms with E-state index < -0.39 is 0 Å². The van der Waals surface area contributed by atoms with Gasteiger partial charge in [0, 0.05) is 12.1 Å². The Hall–Kier alpha value is -2.11. The van der Waals surface area contributed by atoms with Crippen LogP contribution in [0.2, 0.25) is 10.0 Å². The lowest BCUT2D eigenvalue weighted by Gasteiger charge is -2.10. The SMILES string of the molecule is COc1cccc(OCCNC(=O)COc2ccc(Cl)c(Cl)c2)c1. The molecule has 0 aliphatic heterocycles. The van der Waals surface area contributed by atoms with E-state index in [0.29, 0.717) is 40.4 Å². The van der Waals surface area contributed by atoms with Crippen molar-refractivity contribution in [3.05, 3.63) is 52.5 Å². The summed E-state index contributed by atoms with van der Waals surface area (Å²) in [6.07, 6.45) is 0. The van der Waals surface area contributed by atoms with Crippen molar-refractivity contribution in [1.82, 2.24) is 5.32 Å². The van der Waals surface area contributed by atoms with E-state index in [-0.39, 0.29) is 12.5 Å². The normalized spacial score (nSPS) is 10.1. The molecular weight excluding hydrogens is 353 g/mol. The Morgan fingerprint density at radius 1 is 1.00 bits per heavy atom. The lowest BCUT2D eigenvalue weighted by atomic mass is 10.3. The van der Waals surface area contributed by atoms with E-state index >= 15 is 0 Å². The number of hydrogen-bond donors (Lipinski definition) is 1. The lowest BCUT2D eigenvalue weighted by Crippen LogP contribution is -2.32. The van der Waals surface area contributed by atoms with Crippen molar-refractivity contribution in [2.45, 2.75) is 0 Å². The van der Waals surface area contributed by atoms with Gasteiger partial charge in [-0.05, 0) is 24.3 Å². The molecule has 2 rings (SSSR count). The van der Waals surface area contributed by atoms with Gasteiger partial charge in [0.25, 0.3) is 5.91 Å². The van der Waals surface area contributed by atoms with Crippen LogP contribution in [0.1, 0.15) is 0 Å². The van der Waals surface area contributed by atoms with Gasteiger partial charge in [-0.3, -0.25) is 4.79 Å². The fraction of sp³-hybridized carbons (Fsp3) is 0.235. The van der Waals surface area contributed by atoms with E-state index in [1.807, 2.05) is 18.2 Å². The molecule has 1 amide bonds. The van der Waals surface area contributed by atoms with Crippen LogP contribution >= 0.6 is 23.2 Å². The van der Waals surface area contributed by atoms with Crippen LogP contribution in [0.3, 0.4) is 0 Å². The number of nitrogens with one attached hydrogen (secondary N) is 1. The highest BCUT2D eigenvalue weighted by Crippen LogP contribution is 2.26. The topological polar surface area (TPSA) is 56.8 Å². The molecule has 128 valence electrons. The van der Waals surface area contributed by atoms with E-state index in [1.165, 1.54) is 0 Å². The zero-order chi connectivity index (χ0) is 17.4. The minimum atomic E-state index is -0.254. The van der Waals surface area contributed by atoms with Crippen LogP contribution in [0.5, 0.6) is 17.2 Å². The van der Waals surface area contributed by atoms with Crippen LogP contribution in [-0.4, -0.2) is 32.8 Å². The van der Waals surface area contributed by atoms with Crippen LogP contribution in [0, 0.1) is 0 Å². The Labute approximate surface area is 150 Å². The second-order valence-electron chi connectivity index (χ2n) is 4.74. The van der Waals surface area contributed by atoms with Gasteiger partial charge in [-0.1, -0.05) is 29.3 Å². The number of halogens is 2. The number of carbonyl (C=O) groups excluding carboxylic acids is 1. The molecule has 5 nitrogen and oxygen atoms in total. The molecule has 0 spiro atoms. The second-order valence-corrected chi connectivity index (χ2v) is 5.56. The van der Waals surface area contributed by atoms with Crippen LogP contribution in [0.15, 0.2) is 42.5 Å². The second kappa shape index (κ2) is 9.25. The van der Waals surface area contributed by atoms with Gasteiger partial charge in [0.1, 0.15) is 23.9 Å². The van der Waals surface area contributed by atoms with E-state index in [2.05, 4.69) is 5.32 Å². The highest BCUT2D eigenvalue weighted by molar-refractivity contribution is 6.42. The van der Waals surface area contributed by atoms with Gasteiger partial charge in [-0.2, -0.15) is 0 Å². The number of amides is 1. The van der Waals surface area contributed by atoms with Crippen molar-refractivity contribution in [2.24, 2.45) is 0 Å². The van der Waals surface area contributed by atoms with Gasteiger partial charge in [0.2, 0.25) is 0 Å². The van der Waals surface area contributed by atoms with Gasteiger partial charge in [-0.25, -0.2) is 0 Å². The summed E-state index contributed by atoms with van der Waals surface area (Å²) in [5, 5.41) is 3.51. The van der Waals surface area contributed by atoms with Crippen LogP contribution < -0.4 is 19.5 Å². The zero-order valence-electron chi connectivity index (χ0n) is 13.1. The number of rotatable bonds is 8. The molecule has 0 saturated carbocycles. The molecule has 0 fully saturated rings. The average Bonchev–Trinajstić information content (AvgIpc) is 2.60. The van der Waals surface area contributed by atoms with Crippen molar-refractivity contribution in [1.29, 1.82) is 0 Å². The molecule has 0 aliphatic rings. The van der Waals surface area contributed by atoms with Crippen molar-refractivity contribution >= 4 is 29.1 Å². The van der Waals surface area contributed by atoms with E-state index in [4.69, 9.17) is 37.4 Å². The first-order valence-electron chi connectivity index (χ1n) is 7.20. The standard InChI is InChI=1S/C17H17Cl2NO4/c1-22-12-3-2-4-13(9-12)23-8-7-20-17(21)11-24-14-5-6-15(18)16(19)10-14/h2-6,9-10H,7-8,11H2,1H3,(H,20,21). The summed E-state index contributed by atoms with van der Waals surface area (Å²) in [6, 6.07) is 12.1. The summed E-state index contributed by atoms with van der Waals surface area (Å²) in [5.74, 6) is 1.62. The monoisotopic (exact) mass is 369 g/mol. The van der Waals surface area contributed by atoms with Crippen LogP contribution in [-0.2, 0) is 4.79 Å². The third kappa shape index (κ3) is 5.83. The predicted molar refractivity (Wildman–Crippen MR) is 93.5 cm³/mol. The van der Waals surface area contributed by atoms with Crippen LogP contribution in [0.25, 0.3) is 0 Å². The highest BCUT2D eigenvalue weighted by Gasteiger charge is 2.05. The van der Waals surface area contributed by atoms with Gasteiger partial charge >= 0.3 is 0 Å². The molecule has 0 bridgehead atoms. The number of methoxy groups -OCH3 is 1. The Morgan fingerprint density at radius 3 is 2.50 bits per heavy atom. The van der Waals surface area contributed by atoms with Crippen molar-refractivity contribution < 1.29 is 19.0 Å². The van der Waals surface area contributed by atoms with Gasteiger partial charge in [-0.15, -0.1) is 0 Å². The summed E-state index contributed by atoms with van der Waals surface area (Å²) in [7, 11) is 1.59. The third-order valence-corrected chi connectivity index (χ3v) is 3.73. The minimum Gasteiger partial charge on any atom is -0.497 e. The van der Waals surface area contributed by atoms with Crippen molar-refractivity contribution in [3.8, 4) is 17.2 Å². The molecule has 0 radical (unpaired) electrons. The molecular formula is C17H17Cl2NO4. The Kier molecular flexibility index (Phi) is 7.03. The fourth-order valence-electron chi connectivity index (χ4n) is 1.82. The van der Waals surface area contributed by atoms with Crippen molar-refractivity contribution in [3.63, 3.8) is 0 Å². The maximum absolute atomic E-state index is 11.7. The molecule has 0 unspecified atom stereocenters. The molecule has 0 aliphatic carbocycles. The van der Waals surface area contributed by atoms with Gasteiger partial charge in [0.05, 0.1) is 23.7 Å². The smallest absolute Gasteiger partial charge is 0.258 e. The average molecular weight is 370 g/mol. The molecule has 2 aromatic carbocycles. The zero-order valence-corrected chi connectivity index (χ0v) is 14.6. The number of carbonyl (C=O) groups is 1. The first kappa shape index (κ1) is 18.2. The molecule has 0 aromatic heterocycles. The first-order valence-corrected chi connectivity index (χ1v) is 7.95. The number of benzene rings is 2. The predicted octanol–water partition coefficient (Wildman–Crippen LogP) is 3.58.